The van der Waals surface area contributed by atoms with Crippen molar-refractivity contribution in [2.24, 2.45) is 5.92 Å². The monoisotopic (exact) mass is 706 g/mol. The lowest BCUT2D eigenvalue weighted by atomic mass is 9.89. The highest BCUT2D eigenvalue weighted by Gasteiger charge is 2.46. The number of amides is 6. The third-order valence-electron chi connectivity index (χ3n) is 9.22. The van der Waals surface area contributed by atoms with Crippen molar-refractivity contribution in [2.75, 3.05) is 45.9 Å². The minimum Gasteiger partial charge on any atom is -0.492 e. The molecule has 51 heavy (non-hydrogen) atoms. The highest BCUT2D eigenvalue weighted by molar-refractivity contribution is 5.95. The minimum absolute atomic E-state index is 0.112. The largest absolute Gasteiger partial charge is 0.492 e. The van der Waals surface area contributed by atoms with Gasteiger partial charge in [0, 0.05) is 32.4 Å². The van der Waals surface area contributed by atoms with E-state index >= 15 is 0 Å². The second-order valence-corrected chi connectivity index (χ2v) is 13.3. The lowest BCUT2D eigenvalue weighted by Crippen LogP contribution is -2.62. The first kappa shape index (κ1) is 36.9. The average Bonchev–Trinajstić information content (AvgIpc) is 3.52. The van der Waals surface area contributed by atoms with Crippen LogP contribution in [0.3, 0.4) is 0 Å². The van der Waals surface area contributed by atoms with Gasteiger partial charge in [-0.3, -0.25) is 28.9 Å². The molecule has 2 bridgehead atoms. The van der Waals surface area contributed by atoms with E-state index < -0.39 is 53.4 Å². The zero-order chi connectivity index (χ0) is 36.5. The Hall–Kier alpha value is -5.34. The van der Waals surface area contributed by atoms with Crippen LogP contribution in [0.4, 0.5) is 4.79 Å². The second-order valence-electron chi connectivity index (χ2n) is 13.3. The fourth-order valence-corrected chi connectivity index (χ4v) is 6.15. The lowest BCUT2D eigenvalue weighted by molar-refractivity contribution is -0.148. The van der Waals surface area contributed by atoms with E-state index in [9.17, 15) is 28.8 Å². The van der Waals surface area contributed by atoms with Gasteiger partial charge in [-0.25, -0.2) is 4.79 Å². The lowest BCUT2D eigenvalue weighted by Gasteiger charge is -2.41. The van der Waals surface area contributed by atoms with E-state index in [0.717, 1.165) is 5.56 Å². The number of rotatable bonds is 5. The predicted molar refractivity (Wildman–Crippen MR) is 183 cm³/mol. The van der Waals surface area contributed by atoms with Gasteiger partial charge in [0.15, 0.2) is 5.60 Å². The standard InChI is InChI=1S/C36H46N6O9/c1-23(2)30-33(46)39-28(21-25-7-5-4-6-8-25)32(45)37-15-19-49-26-9-11-27(12-10-26)51-36(34(47)38-24(3)31(44)40-30)13-16-41(17-14-36)29(43)22-42-18-20-50-35(42)48/h4-12,23-24,28,30H,13-22H2,1-3H3,(H,37,45)(H,38,47)(H,39,46)(H,40,44)/t24-,28+,30-/m1/s1. The van der Waals surface area contributed by atoms with Crippen LogP contribution in [0.2, 0.25) is 0 Å². The number of nitrogens with one attached hydrogen (secondary N) is 4. The number of hydrogen-bond donors (Lipinski definition) is 4. The van der Waals surface area contributed by atoms with Crippen LogP contribution < -0.4 is 30.7 Å². The van der Waals surface area contributed by atoms with Crippen LogP contribution in [-0.4, -0.2) is 115 Å². The number of piperidine rings is 1. The maximum Gasteiger partial charge on any atom is 0.410 e. The molecule has 4 aliphatic heterocycles. The number of likely N-dealkylation sites (tertiary alicyclic amines) is 1. The summed E-state index contributed by atoms with van der Waals surface area (Å²) in [6, 6.07) is 12.9. The topological polar surface area (TPSA) is 185 Å². The van der Waals surface area contributed by atoms with Crippen molar-refractivity contribution in [1.82, 2.24) is 31.1 Å². The van der Waals surface area contributed by atoms with Gasteiger partial charge in [-0.05, 0) is 42.7 Å². The van der Waals surface area contributed by atoms with Gasteiger partial charge in [-0.15, -0.1) is 0 Å². The van der Waals surface area contributed by atoms with Crippen molar-refractivity contribution in [3.8, 4) is 11.5 Å². The molecular weight excluding hydrogens is 660 g/mol. The third-order valence-corrected chi connectivity index (χ3v) is 9.22. The van der Waals surface area contributed by atoms with Gasteiger partial charge < -0.3 is 40.4 Å². The van der Waals surface area contributed by atoms with Gasteiger partial charge in [-0.2, -0.15) is 0 Å². The zero-order valence-corrected chi connectivity index (χ0v) is 29.1. The fourth-order valence-electron chi connectivity index (χ4n) is 6.15. The third kappa shape index (κ3) is 9.47. The second kappa shape index (κ2) is 16.6. The molecule has 0 radical (unpaired) electrons. The van der Waals surface area contributed by atoms with Crippen LogP contribution in [-0.2, 0) is 35.1 Å². The molecule has 0 aliphatic carbocycles. The Morgan fingerprint density at radius 3 is 2.16 bits per heavy atom. The number of hydrogen-bond acceptors (Lipinski definition) is 9. The first-order valence-electron chi connectivity index (χ1n) is 17.3. The summed E-state index contributed by atoms with van der Waals surface area (Å²) in [4.78, 5) is 82.3. The number of cyclic esters (lactones) is 1. The summed E-state index contributed by atoms with van der Waals surface area (Å²) in [6.07, 6.45) is -0.0901. The molecule has 15 nitrogen and oxygen atoms in total. The first-order valence-corrected chi connectivity index (χ1v) is 17.3. The normalized spacial score (nSPS) is 23.4. The van der Waals surface area contributed by atoms with Crippen LogP contribution >= 0.6 is 0 Å². The van der Waals surface area contributed by atoms with Gasteiger partial charge in [0.2, 0.25) is 23.6 Å². The van der Waals surface area contributed by atoms with Gasteiger partial charge in [0.25, 0.3) is 5.91 Å². The van der Waals surface area contributed by atoms with Crippen molar-refractivity contribution in [3.05, 3.63) is 60.2 Å². The van der Waals surface area contributed by atoms with E-state index in [1.54, 1.807) is 43.0 Å². The number of carbonyl (C=O) groups is 6. The number of ether oxygens (including phenoxy) is 3. The molecule has 2 fully saturated rings. The summed E-state index contributed by atoms with van der Waals surface area (Å²) < 4.78 is 17.1. The molecule has 4 aliphatic rings. The summed E-state index contributed by atoms with van der Waals surface area (Å²) >= 11 is 0. The Morgan fingerprint density at radius 2 is 1.51 bits per heavy atom. The molecule has 0 unspecified atom stereocenters. The van der Waals surface area contributed by atoms with Gasteiger partial charge >= 0.3 is 6.09 Å². The molecule has 2 saturated heterocycles. The van der Waals surface area contributed by atoms with Crippen LogP contribution in [0.1, 0.15) is 39.2 Å². The van der Waals surface area contributed by atoms with Gasteiger partial charge in [0.1, 0.15) is 49.4 Å². The molecule has 6 rings (SSSR count). The van der Waals surface area contributed by atoms with Crippen LogP contribution in [0.5, 0.6) is 11.5 Å². The van der Waals surface area contributed by atoms with E-state index in [4.69, 9.17) is 14.2 Å². The maximum absolute atomic E-state index is 14.0. The molecule has 15 heteroatoms. The molecular formula is C36H46N6O9. The Labute approximate surface area is 296 Å². The van der Waals surface area contributed by atoms with Gasteiger partial charge in [0.05, 0.1) is 13.1 Å². The van der Waals surface area contributed by atoms with Crippen molar-refractivity contribution in [3.63, 3.8) is 0 Å². The summed E-state index contributed by atoms with van der Waals surface area (Å²) in [5.74, 6) is -1.85. The molecule has 6 amide bonds. The summed E-state index contributed by atoms with van der Waals surface area (Å²) in [7, 11) is 0. The number of nitrogens with zero attached hydrogens (tertiary/aromatic N) is 2. The molecule has 4 N–H and O–H groups in total. The van der Waals surface area contributed by atoms with E-state index in [1.165, 1.54) is 11.8 Å². The smallest absolute Gasteiger partial charge is 0.410 e. The zero-order valence-electron chi connectivity index (χ0n) is 29.1. The fraction of sp³-hybridized carbons (Fsp3) is 0.500. The van der Waals surface area contributed by atoms with Crippen molar-refractivity contribution >= 4 is 35.6 Å². The molecule has 3 atom stereocenters. The van der Waals surface area contributed by atoms with Crippen LogP contribution in [0.15, 0.2) is 54.6 Å². The molecule has 0 aromatic heterocycles. The Bertz CT molecular complexity index is 1580. The molecule has 2 aromatic carbocycles. The number of benzene rings is 2. The summed E-state index contributed by atoms with van der Waals surface area (Å²) in [5.41, 5.74) is -0.599. The van der Waals surface area contributed by atoms with Gasteiger partial charge in [-0.1, -0.05) is 44.2 Å². The first-order chi connectivity index (χ1) is 24.4. The van der Waals surface area contributed by atoms with Crippen LogP contribution in [0, 0.1) is 5.92 Å². The average molecular weight is 707 g/mol. The SMILES string of the molecule is CC(C)[C@H]1NC(=O)[C@@H](C)NC(=O)C2(CCN(C(=O)CN3CCOC3=O)CC2)Oc2ccc(cc2)OCCNC(=O)[C@H](Cc2ccccc2)NC1=O. The number of fused-ring (bicyclic) bond motifs is 15. The molecule has 274 valence electrons. The Morgan fingerprint density at radius 1 is 0.824 bits per heavy atom. The van der Waals surface area contributed by atoms with E-state index in [2.05, 4.69) is 21.3 Å². The Kier molecular flexibility index (Phi) is 12.0. The van der Waals surface area contributed by atoms with Crippen molar-refractivity contribution in [1.29, 1.82) is 0 Å². The maximum atomic E-state index is 14.0. The Balaban J connectivity index is 1.35. The highest BCUT2D eigenvalue weighted by Crippen LogP contribution is 2.31. The van der Waals surface area contributed by atoms with Crippen molar-refractivity contribution < 1.29 is 43.0 Å². The van der Waals surface area contributed by atoms with Crippen molar-refractivity contribution in [2.45, 2.75) is 63.8 Å². The van der Waals surface area contributed by atoms with E-state index in [-0.39, 0.29) is 70.5 Å². The summed E-state index contributed by atoms with van der Waals surface area (Å²) in [5, 5.41) is 11.2. The minimum atomic E-state index is -1.44. The highest BCUT2D eigenvalue weighted by atomic mass is 16.6. The van der Waals surface area contributed by atoms with E-state index in [1.807, 2.05) is 30.3 Å². The van der Waals surface area contributed by atoms with E-state index in [0.29, 0.717) is 18.0 Å². The number of carbonyl (C=O) groups excluding carboxylic acids is 6. The molecule has 4 heterocycles. The molecule has 0 saturated carbocycles. The van der Waals surface area contributed by atoms with Crippen LogP contribution in [0.25, 0.3) is 0 Å². The molecule has 2 aromatic rings. The quantitative estimate of drug-likeness (QED) is 0.326. The summed E-state index contributed by atoms with van der Waals surface area (Å²) in [6.45, 7) is 6.13. The predicted octanol–water partition coefficient (Wildman–Crippen LogP) is 0.760. The molecule has 1 spiro atoms.